The number of hydrogen-bond donors (Lipinski definition) is 1. The predicted octanol–water partition coefficient (Wildman–Crippen LogP) is 6.47. The molecule has 0 aliphatic rings. The van der Waals surface area contributed by atoms with Crippen LogP contribution in [0.15, 0.2) is 12.7 Å². The molecule has 5 heteroatoms. The van der Waals surface area contributed by atoms with Gasteiger partial charge in [-0.3, -0.25) is 0 Å². The molecule has 0 bridgehead atoms. The molecule has 0 spiro atoms. The number of hydrogen-bond acceptors (Lipinski definition) is 3. The largest absolute Gasteiger partial charge is 0.415 e. The van der Waals surface area contributed by atoms with Gasteiger partial charge in [-0.15, -0.1) is 6.58 Å². The van der Waals surface area contributed by atoms with E-state index in [2.05, 4.69) is 82.0 Å². The molecule has 0 rings (SSSR count). The van der Waals surface area contributed by atoms with Crippen LogP contribution in [-0.2, 0) is 8.85 Å². The Hall–Kier alpha value is 0.0538. The van der Waals surface area contributed by atoms with Crippen molar-refractivity contribution in [1.29, 1.82) is 0 Å². The van der Waals surface area contributed by atoms with Gasteiger partial charge in [0.1, 0.15) is 0 Å². The third-order valence-corrected chi connectivity index (χ3v) is 17.0. The molecule has 3 nitrogen and oxygen atoms in total. The van der Waals surface area contributed by atoms with E-state index in [1.807, 2.05) is 6.08 Å². The lowest BCUT2D eigenvalue weighted by Crippen LogP contribution is -2.55. The van der Waals surface area contributed by atoms with Gasteiger partial charge in [0.25, 0.3) is 0 Å². The second kappa shape index (κ2) is 10.0. The van der Waals surface area contributed by atoms with E-state index in [1.165, 1.54) is 0 Å². The van der Waals surface area contributed by atoms with Gasteiger partial charge in [-0.1, -0.05) is 68.4 Å². The molecular weight excluding hydrogens is 354 g/mol. The van der Waals surface area contributed by atoms with E-state index >= 15 is 0 Å². The molecule has 0 aliphatic carbocycles. The maximum atomic E-state index is 6.95. The zero-order valence-electron chi connectivity index (χ0n) is 19.5. The molecule has 0 saturated carbocycles. The minimum atomic E-state index is -1.97. The van der Waals surface area contributed by atoms with E-state index in [-0.39, 0.29) is 17.2 Å². The van der Waals surface area contributed by atoms with Gasteiger partial charge in [0.2, 0.25) is 8.32 Å². The summed E-state index contributed by atoms with van der Waals surface area (Å²) in [6.07, 6.45) is 2.70. The molecule has 0 aromatic rings. The summed E-state index contributed by atoms with van der Waals surface area (Å²) in [5, 5.41) is 0.188. The quantitative estimate of drug-likeness (QED) is 0.318. The number of rotatable bonds is 11. The molecule has 26 heavy (non-hydrogen) atoms. The Labute approximate surface area is 166 Å². The highest BCUT2D eigenvalue weighted by Gasteiger charge is 2.47. The van der Waals surface area contributed by atoms with Crippen LogP contribution in [0.1, 0.15) is 68.7 Å². The average molecular weight is 402 g/mol. The van der Waals surface area contributed by atoms with E-state index in [4.69, 9.17) is 14.6 Å². The van der Waals surface area contributed by atoms with Crippen molar-refractivity contribution in [3.63, 3.8) is 0 Å². The highest BCUT2D eigenvalue weighted by molar-refractivity contribution is 6.77. The van der Waals surface area contributed by atoms with Crippen LogP contribution in [0.4, 0.5) is 0 Å². The second-order valence-corrected chi connectivity index (χ2v) is 20.4. The first-order valence-electron chi connectivity index (χ1n) is 10.3. The van der Waals surface area contributed by atoms with E-state index in [0.29, 0.717) is 23.2 Å². The summed E-state index contributed by atoms with van der Waals surface area (Å²) in [6.45, 7) is 29.7. The van der Waals surface area contributed by atoms with E-state index in [0.717, 1.165) is 6.42 Å². The number of nitrogens with two attached hydrogens (primary N) is 1. The smallest absolute Gasteiger partial charge is 0.200 e. The van der Waals surface area contributed by atoms with Crippen molar-refractivity contribution in [2.45, 2.75) is 116 Å². The van der Waals surface area contributed by atoms with Crippen molar-refractivity contribution in [2.75, 3.05) is 6.61 Å². The molecule has 0 saturated heterocycles. The summed E-state index contributed by atoms with van der Waals surface area (Å²) in [5.41, 5.74) is 8.24. The minimum absolute atomic E-state index is 0.0175. The third-order valence-electron chi connectivity index (χ3n) is 6.38. The van der Waals surface area contributed by atoms with Gasteiger partial charge in [0, 0.05) is 0 Å². The molecule has 156 valence electrons. The van der Waals surface area contributed by atoms with Crippen LogP contribution in [0, 0.1) is 0 Å². The summed E-state index contributed by atoms with van der Waals surface area (Å²) in [4.78, 5) is 0. The summed E-state index contributed by atoms with van der Waals surface area (Å²) < 4.78 is 13.3. The van der Waals surface area contributed by atoms with Gasteiger partial charge < -0.3 is 14.6 Å². The first-order chi connectivity index (χ1) is 11.6. The van der Waals surface area contributed by atoms with Crippen molar-refractivity contribution in [2.24, 2.45) is 5.73 Å². The SMILES string of the molecule is C=CC[C@H](O[Si](C(C)C)(C(C)C)C(C)C)[C@@H](N)CO[Si](C)(C)C(C)(C)C. The molecule has 0 amide bonds. The van der Waals surface area contributed by atoms with E-state index < -0.39 is 16.6 Å². The summed E-state index contributed by atoms with van der Waals surface area (Å²) in [5.74, 6) is 0. The standard InChI is InChI=1S/C21H47NO2Si2/c1-13-14-20(19(22)15-23-25(11,12)21(8,9)10)24-26(16(2)3,17(4)5)18(6)7/h13,16-20H,1,14-15,22H2,2-12H3/t19-,20-/m0/s1. The Kier molecular flexibility index (Phi) is 10.0. The van der Waals surface area contributed by atoms with Crippen molar-refractivity contribution in [3.8, 4) is 0 Å². The van der Waals surface area contributed by atoms with Gasteiger partial charge >= 0.3 is 0 Å². The second-order valence-electron chi connectivity index (χ2n) is 10.2. The Morgan fingerprint density at radius 3 is 1.69 bits per heavy atom. The molecule has 0 aromatic carbocycles. The van der Waals surface area contributed by atoms with Crippen LogP contribution < -0.4 is 5.73 Å². The Morgan fingerprint density at radius 2 is 1.38 bits per heavy atom. The molecule has 0 aliphatic heterocycles. The van der Waals surface area contributed by atoms with Crippen molar-refractivity contribution in [1.82, 2.24) is 0 Å². The van der Waals surface area contributed by atoms with Crippen LogP contribution in [0.5, 0.6) is 0 Å². The van der Waals surface area contributed by atoms with Gasteiger partial charge in [0.05, 0.1) is 18.8 Å². The maximum absolute atomic E-state index is 6.95. The fourth-order valence-electron chi connectivity index (χ4n) is 3.77. The molecule has 2 N–H and O–H groups in total. The van der Waals surface area contributed by atoms with E-state index in [9.17, 15) is 0 Å². The Bertz CT molecular complexity index is 406. The van der Waals surface area contributed by atoms with Gasteiger partial charge in [0.15, 0.2) is 8.32 Å². The highest BCUT2D eigenvalue weighted by atomic mass is 28.4. The Morgan fingerprint density at radius 1 is 0.962 bits per heavy atom. The fraction of sp³-hybridized carbons (Fsp3) is 0.905. The Balaban J connectivity index is 5.42. The van der Waals surface area contributed by atoms with Crippen LogP contribution in [-0.4, -0.2) is 35.4 Å². The van der Waals surface area contributed by atoms with Gasteiger partial charge in [-0.05, 0) is 41.2 Å². The molecule has 0 unspecified atom stereocenters. The van der Waals surface area contributed by atoms with Crippen molar-refractivity contribution in [3.05, 3.63) is 12.7 Å². The zero-order valence-corrected chi connectivity index (χ0v) is 21.5. The fourth-order valence-corrected chi connectivity index (χ4v) is 10.4. The lowest BCUT2D eigenvalue weighted by atomic mass is 10.1. The first-order valence-corrected chi connectivity index (χ1v) is 15.4. The van der Waals surface area contributed by atoms with Crippen molar-refractivity contribution >= 4 is 16.6 Å². The van der Waals surface area contributed by atoms with Crippen molar-refractivity contribution < 1.29 is 8.85 Å². The monoisotopic (exact) mass is 401 g/mol. The third kappa shape index (κ3) is 6.30. The van der Waals surface area contributed by atoms with Crippen LogP contribution in [0.25, 0.3) is 0 Å². The summed E-state index contributed by atoms with van der Waals surface area (Å²) in [7, 11) is -3.78. The average Bonchev–Trinajstić information content (AvgIpc) is 2.46. The molecular formula is C21H47NO2Si2. The maximum Gasteiger partial charge on any atom is 0.200 e. The molecule has 2 atom stereocenters. The highest BCUT2D eigenvalue weighted by Crippen LogP contribution is 2.43. The lowest BCUT2D eigenvalue weighted by molar-refractivity contribution is 0.116. The zero-order chi connectivity index (χ0) is 20.9. The molecule has 0 radical (unpaired) electrons. The molecule has 0 heterocycles. The summed E-state index contributed by atoms with van der Waals surface area (Å²) >= 11 is 0. The van der Waals surface area contributed by atoms with Crippen LogP contribution in [0.2, 0.25) is 34.8 Å². The van der Waals surface area contributed by atoms with Gasteiger partial charge in [-0.2, -0.15) is 0 Å². The first kappa shape index (κ1) is 26.1. The normalized spacial score (nSPS) is 16.4. The molecule has 0 fully saturated rings. The molecule has 0 aromatic heterocycles. The van der Waals surface area contributed by atoms with Crippen LogP contribution in [0.3, 0.4) is 0 Å². The van der Waals surface area contributed by atoms with Crippen LogP contribution >= 0.6 is 0 Å². The topological polar surface area (TPSA) is 44.5 Å². The lowest BCUT2D eigenvalue weighted by Gasteiger charge is -2.46. The minimum Gasteiger partial charge on any atom is -0.415 e. The van der Waals surface area contributed by atoms with Gasteiger partial charge in [-0.25, -0.2) is 0 Å². The summed E-state index contributed by atoms with van der Waals surface area (Å²) in [6, 6.07) is -0.120. The predicted molar refractivity (Wildman–Crippen MR) is 122 cm³/mol. The van der Waals surface area contributed by atoms with E-state index in [1.54, 1.807) is 0 Å².